The Balaban J connectivity index is 1.97. The third kappa shape index (κ3) is 3.97. The summed E-state index contributed by atoms with van der Waals surface area (Å²) >= 11 is 6.05. The first-order chi connectivity index (χ1) is 12.1. The number of ether oxygens (including phenoxy) is 1. The largest absolute Gasteiger partial charge is 0.383 e. The lowest BCUT2D eigenvalue weighted by molar-refractivity contribution is 0.168. The first-order valence-electron chi connectivity index (χ1n) is 8.48. The predicted octanol–water partition coefficient (Wildman–Crippen LogP) is 3.95. The van der Waals surface area contributed by atoms with Crippen molar-refractivity contribution in [3.63, 3.8) is 0 Å². The van der Waals surface area contributed by atoms with E-state index in [0.29, 0.717) is 24.7 Å². The number of hydrogen-bond donors (Lipinski definition) is 1. The number of rotatable bonds is 4. The first-order valence-corrected chi connectivity index (χ1v) is 8.86. The SMILES string of the molecule is COCCNC(=O)N1CCc2ccc(C)cc2C1c1ccc(Cl)cc1. The van der Waals surface area contributed by atoms with E-state index in [1.807, 2.05) is 29.2 Å². The fourth-order valence-electron chi connectivity index (χ4n) is 3.32. The normalized spacial score (nSPS) is 16.4. The van der Waals surface area contributed by atoms with Gasteiger partial charge in [0.25, 0.3) is 0 Å². The Bertz CT molecular complexity index is 746. The molecule has 2 amide bonds. The second-order valence-corrected chi connectivity index (χ2v) is 6.76. The summed E-state index contributed by atoms with van der Waals surface area (Å²) in [7, 11) is 1.63. The van der Waals surface area contributed by atoms with Gasteiger partial charge in [0, 0.05) is 25.2 Å². The molecule has 2 aromatic carbocycles. The number of carbonyl (C=O) groups excluding carboxylic acids is 1. The average Bonchev–Trinajstić information content (AvgIpc) is 2.61. The van der Waals surface area contributed by atoms with E-state index in [9.17, 15) is 4.79 Å². The lowest BCUT2D eigenvalue weighted by atomic mass is 9.87. The average molecular weight is 359 g/mol. The summed E-state index contributed by atoms with van der Waals surface area (Å²) in [6.07, 6.45) is 0.859. The van der Waals surface area contributed by atoms with E-state index in [2.05, 4.69) is 30.4 Å². The molecule has 1 aliphatic heterocycles. The molecule has 2 aromatic rings. The Morgan fingerprint density at radius 1 is 1.28 bits per heavy atom. The second-order valence-electron chi connectivity index (χ2n) is 6.32. The molecule has 0 fully saturated rings. The topological polar surface area (TPSA) is 41.6 Å². The van der Waals surface area contributed by atoms with E-state index < -0.39 is 0 Å². The van der Waals surface area contributed by atoms with Crippen LogP contribution in [-0.4, -0.2) is 37.7 Å². The van der Waals surface area contributed by atoms with E-state index in [-0.39, 0.29) is 12.1 Å². The van der Waals surface area contributed by atoms with Crippen LogP contribution < -0.4 is 5.32 Å². The molecule has 4 nitrogen and oxygen atoms in total. The molecule has 0 saturated carbocycles. The first kappa shape index (κ1) is 17.8. The van der Waals surface area contributed by atoms with Gasteiger partial charge in [-0.25, -0.2) is 4.79 Å². The maximum Gasteiger partial charge on any atom is 0.318 e. The fourth-order valence-corrected chi connectivity index (χ4v) is 3.45. The van der Waals surface area contributed by atoms with Crippen LogP contribution in [0.2, 0.25) is 5.02 Å². The zero-order valence-corrected chi connectivity index (χ0v) is 15.3. The maximum atomic E-state index is 12.8. The smallest absolute Gasteiger partial charge is 0.318 e. The van der Waals surface area contributed by atoms with Crippen molar-refractivity contribution in [2.24, 2.45) is 0 Å². The molecule has 132 valence electrons. The molecule has 0 bridgehead atoms. The highest BCUT2D eigenvalue weighted by molar-refractivity contribution is 6.30. The number of benzene rings is 2. The summed E-state index contributed by atoms with van der Waals surface area (Å²) in [4.78, 5) is 14.7. The summed E-state index contributed by atoms with van der Waals surface area (Å²) < 4.78 is 5.03. The number of fused-ring (bicyclic) bond motifs is 1. The summed E-state index contributed by atoms with van der Waals surface area (Å²) in [5, 5.41) is 3.64. The lowest BCUT2D eigenvalue weighted by Crippen LogP contribution is -2.46. The van der Waals surface area contributed by atoms with Gasteiger partial charge in [-0.15, -0.1) is 0 Å². The van der Waals surface area contributed by atoms with Gasteiger partial charge in [-0.05, 0) is 42.2 Å². The van der Waals surface area contributed by atoms with Crippen LogP contribution in [0.1, 0.15) is 28.3 Å². The molecule has 1 unspecified atom stereocenters. The zero-order chi connectivity index (χ0) is 17.8. The number of urea groups is 1. The van der Waals surface area contributed by atoms with E-state index >= 15 is 0 Å². The van der Waals surface area contributed by atoms with Crippen LogP contribution in [0.4, 0.5) is 4.79 Å². The molecule has 1 N–H and O–H groups in total. The Labute approximate surface area is 153 Å². The second kappa shape index (κ2) is 7.89. The Kier molecular flexibility index (Phi) is 5.61. The zero-order valence-electron chi connectivity index (χ0n) is 14.6. The van der Waals surface area contributed by atoms with Gasteiger partial charge in [-0.1, -0.05) is 47.5 Å². The number of hydrogen-bond acceptors (Lipinski definition) is 2. The minimum atomic E-state index is -0.108. The molecule has 3 rings (SSSR count). The molecule has 25 heavy (non-hydrogen) atoms. The van der Waals surface area contributed by atoms with Gasteiger partial charge in [-0.2, -0.15) is 0 Å². The van der Waals surface area contributed by atoms with Crippen LogP contribution in [0.15, 0.2) is 42.5 Å². The van der Waals surface area contributed by atoms with Crippen LogP contribution in [-0.2, 0) is 11.2 Å². The molecule has 0 aromatic heterocycles. The van der Waals surface area contributed by atoms with Crippen molar-refractivity contribution in [3.05, 3.63) is 69.7 Å². The van der Waals surface area contributed by atoms with Crippen molar-refractivity contribution in [2.45, 2.75) is 19.4 Å². The lowest BCUT2D eigenvalue weighted by Gasteiger charge is -2.38. The van der Waals surface area contributed by atoms with Crippen molar-refractivity contribution in [3.8, 4) is 0 Å². The van der Waals surface area contributed by atoms with E-state index in [1.165, 1.54) is 16.7 Å². The molecule has 1 aliphatic rings. The van der Waals surface area contributed by atoms with Gasteiger partial charge in [0.1, 0.15) is 0 Å². The molecule has 0 saturated heterocycles. The fraction of sp³-hybridized carbons (Fsp3) is 0.350. The van der Waals surface area contributed by atoms with Crippen LogP contribution in [0.5, 0.6) is 0 Å². The predicted molar refractivity (Wildman–Crippen MR) is 100 cm³/mol. The number of halogens is 1. The minimum absolute atomic E-state index is 0.0656. The van der Waals surface area contributed by atoms with Crippen molar-refractivity contribution in [2.75, 3.05) is 26.8 Å². The highest BCUT2D eigenvalue weighted by atomic mass is 35.5. The molecular weight excluding hydrogens is 336 g/mol. The standard InChI is InChI=1S/C20H23ClN2O2/c1-14-3-4-15-9-11-23(20(24)22-10-12-25-2)19(18(15)13-14)16-5-7-17(21)8-6-16/h3-8,13,19H,9-12H2,1-2H3,(H,22,24). The van der Waals surface area contributed by atoms with Gasteiger partial charge in [0.05, 0.1) is 12.6 Å². The molecular formula is C20H23ClN2O2. The van der Waals surface area contributed by atoms with E-state index in [0.717, 1.165) is 12.0 Å². The molecule has 0 aliphatic carbocycles. The van der Waals surface area contributed by atoms with Crippen LogP contribution >= 0.6 is 11.6 Å². The number of amides is 2. The Morgan fingerprint density at radius 2 is 2.04 bits per heavy atom. The van der Waals surface area contributed by atoms with Gasteiger partial charge >= 0.3 is 6.03 Å². The van der Waals surface area contributed by atoms with Crippen molar-refractivity contribution < 1.29 is 9.53 Å². The third-order valence-electron chi connectivity index (χ3n) is 4.56. The molecule has 0 spiro atoms. The third-order valence-corrected chi connectivity index (χ3v) is 4.81. The quantitative estimate of drug-likeness (QED) is 0.841. The Morgan fingerprint density at radius 3 is 2.76 bits per heavy atom. The van der Waals surface area contributed by atoms with Crippen molar-refractivity contribution >= 4 is 17.6 Å². The summed E-state index contributed by atoms with van der Waals surface area (Å²) in [6, 6.07) is 14.1. The maximum absolute atomic E-state index is 12.8. The van der Waals surface area contributed by atoms with Crippen LogP contribution in [0, 0.1) is 6.92 Å². The number of methoxy groups -OCH3 is 1. The number of nitrogens with one attached hydrogen (secondary N) is 1. The number of carbonyl (C=O) groups is 1. The molecule has 1 atom stereocenters. The number of nitrogens with zero attached hydrogens (tertiary/aromatic N) is 1. The minimum Gasteiger partial charge on any atom is -0.383 e. The highest BCUT2D eigenvalue weighted by Crippen LogP contribution is 2.36. The van der Waals surface area contributed by atoms with E-state index in [1.54, 1.807) is 7.11 Å². The summed E-state index contributed by atoms with van der Waals surface area (Å²) in [5.41, 5.74) is 4.75. The van der Waals surface area contributed by atoms with Crippen molar-refractivity contribution in [1.82, 2.24) is 10.2 Å². The van der Waals surface area contributed by atoms with Gasteiger partial charge in [0.2, 0.25) is 0 Å². The van der Waals surface area contributed by atoms with Crippen LogP contribution in [0.25, 0.3) is 0 Å². The van der Waals surface area contributed by atoms with Crippen LogP contribution in [0.3, 0.4) is 0 Å². The highest BCUT2D eigenvalue weighted by Gasteiger charge is 2.32. The summed E-state index contributed by atoms with van der Waals surface area (Å²) in [5.74, 6) is 0. The molecule has 1 heterocycles. The monoisotopic (exact) mass is 358 g/mol. The van der Waals surface area contributed by atoms with E-state index in [4.69, 9.17) is 16.3 Å². The van der Waals surface area contributed by atoms with Crippen molar-refractivity contribution in [1.29, 1.82) is 0 Å². The molecule has 0 radical (unpaired) electrons. The van der Waals surface area contributed by atoms with Gasteiger partial charge in [-0.3, -0.25) is 0 Å². The van der Waals surface area contributed by atoms with Gasteiger partial charge < -0.3 is 15.0 Å². The number of aryl methyl sites for hydroxylation is 1. The Hall–Kier alpha value is -2.04. The van der Waals surface area contributed by atoms with Gasteiger partial charge in [0.15, 0.2) is 0 Å². The molecule has 5 heteroatoms. The summed E-state index contributed by atoms with van der Waals surface area (Å²) in [6.45, 7) is 3.76.